The molecule has 258 valence electrons. The topological polar surface area (TPSA) is 166 Å². The highest BCUT2D eigenvalue weighted by atomic mass is 32.1. The molecule has 3 heterocycles. The quantitative estimate of drug-likeness (QED) is 0.124. The van der Waals surface area contributed by atoms with Gasteiger partial charge in [0, 0.05) is 78.6 Å². The van der Waals surface area contributed by atoms with E-state index in [0.717, 1.165) is 6.07 Å². The largest absolute Gasteiger partial charge is 0.508 e. The van der Waals surface area contributed by atoms with Crippen LogP contribution in [0.4, 0.5) is 15.8 Å². The number of aromatic hydroxyl groups is 1. The number of piperazine rings is 1. The Labute approximate surface area is 293 Å². The van der Waals surface area contributed by atoms with Gasteiger partial charge in [-0.15, -0.1) is 0 Å². The fraction of sp³-hybridized carbons (Fsp3) is 0.162. The van der Waals surface area contributed by atoms with Gasteiger partial charge in [0.25, 0.3) is 0 Å². The van der Waals surface area contributed by atoms with E-state index in [9.17, 15) is 34.5 Å². The van der Waals surface area contributed by atoms with Crippen molar-refractivity contribution >= 4 is 62.5 Å². The maximum absolute atomic E-state index is 15.4. The van der Waals surface area contributed by atoms with Crippen LogP contribution in [0.25, 0.3) is 44.3 Å². The number of hydrogen-bond acceptors (Lipinski definition) is 8. The zero-order valence-electron chi connectivity index (χ0n) is 27.0. The van der Waals surface area contributed by atoms with Crippen LogP contribution in [0.15, 0.2) is 86.9 Å². The van der Waals surface area contributed by atoms with Gasteiger partial charge in [-0.1, -0.05) is 6.07 Å². The van der Waals surface area contributed by atoms with E-state index in [4.69, 9.17) is 16.6 Å². The third-order valence-corrected chi connectivity index (χ3v) is 9.44. The number of carboxylic acid groups (broad SMARTS) is 2. The number of anilines is 2. The number of phenolic OH excluding ortho intramolecular Hbond substituents is 1. The Morgan fingerprint density at radius 2 is 1.61 bits per heavy atom. The molecule has 1 aliphatic carbocycles. The predicted molar refractivity (Wildman–Crippen MR) is 194 cm³/mol. The number of nitrogens with one attached hydrogen (secondary N) is 1. The second-order valence-electron chi connectivity index (χ2n) is 12.1. The number of phenols is 1. The summed E-state index contributed by atoms with van der Waals surface area (Å²) in [7, 11) is 0. The number of aryl methyl sites for hydroxylation is 1. The standard InChI is InChI=1S/C37H29FN4O8S/c1-2-40-18-27(36(48)49)34(45)26-16-28(38)30(17-29(26)40)41-9-11-42(12-10-41)37(51)39-19-3-6-22(25(13-19)35(46)47)33-23-7-4-20(43)14-31(23)50-32-15-21(44)5-8-24(32)33/h3-8,13-18,43H,2,9-12H2,1H3,(H,39,51)(H,46,47)(H,48,49). The number of benzene rings is 4. The molecule has 0 amide bonds. The van der Waals surface area contributed by atoms with Crippen LogP contribution in [0, 0.1) is 5.82 Å². The van der Waals surface area contributed by atoms with Crippen molar-refractivity contribution in [3.05, 3.63) is 110 Å². The molecule has 14 heteroatoms. The number of rotatable bonds is 6. The molecule has 0 saturated carbocycles. The Morgan fingerprint density at radius 3 is 2.31 bits per heavy atom. The van der Waals surface area contributed by atoms with Crippen molar-refractivity contribution < 1.29 is 33.7 Å². The van der Waals surface area contributed by atoms with E-state index in [1.807, 2.05) is 9.80 Å². The number of aromatic carboxylic acids is 2. The lowest BCUT2D eigenvalue weighted by molar-refractivity contribution is 0.0685. The van der Waals surface area contributed by atoms with E-state index in [1.54, 1.807) is 41.8 Å². The van der Waals surface area contributed by atoms with Crippen LogP contribution in [-0.2, 0) is 6.54 Å². The minimum absolute atomic E-state index is 0.00621. The first kappa shape index (κ1) is 33.2. The summed E-state index contributed by atoms with van der Waals surface area (Å²) in [4.78, 5) is 52.8. The first-order valence-electron chi connectivity index (χ1n) is 15.9. The minimum atomic E-state index is -1.37. The number of fused-ring (bicyclic) bond motifs is 3. The lowest BCUT2D eigenvalue weighted by atomic mass is 9.90. The highest BCUT2D eigenvalue weighted by Crippen LogP contribution is 2.42. The lowest BCUT2D eigenvalue weighted by Gasteiger charge is -2.37. The molecule has 0 unspecified atom stereocenters. The van der Waals surface area contributed by atoms with E-state index >= 15 is 4.39 Å². The number of hydrogen-bond donors (Lipinski definition) is 4. The molecule has 1 aromatic heterocycles. The van der Waals surface area contributed by atoms with Gasteiger partial charge in [-0.3, -0.25) is 9.59 Å². The SMILES string of the molecule is CCn1cc(C(=O)O)c(=O)c2cc(F)c(N3CCN(C(=S)Nc4ccc(-c5c6ccc(=O)cc-6oc6cc(O)ccc56)c(C(=O)O)c4)CC3)cc21. The lowest BCUT2D eigenvalue weighted by Crippen LogP contribution is -2.50. The van der Waals surface area contributed by atoms with Crippen LogP contribution in [0.5, 0.6) is 5.75 Å². The molecular formula is C37H29FN4O8S. The molecule has 0 bridgehead atoms. The average molecular weight is 709 g/mol. The van der Waals surface area contributed by atoms with Gasteiger partial charge in [0.2, 0.25) is 5.43 Å². The van der Waals surface area contributed by atoms with Crippen molar-refractivity contribution in [1.29, 1.82) is 0 Å². The minimum Gasteiger partial charge on any atom is -0.508 e. The van der Waals surface area contributed by atoms with Gasteiger partial charge >= 0.3 is 11.9 Å². The maximum atomic E-state index is 15.4. The fourth-order valence-corrected chi connectivity index (χ4v) is 6.88. The van der Waals surface area contributed by atoms with E-state index in [1.165, 1.54) is 36.5 Å². The molecular weight excluding hydrogens is 679 g/mol. The smallest absolute Gasteiger partial charge is 0.341 e. The zero-order chi connectivity index (χ0) is 36.1. The summed E-state index contributed by atoms with van der Waals surface area (Å²) in [5, 5.41) is 33.8. The van der Waals surface area contributed by atoms with Crippen LogP contribution in [0.1, 0.15) is 27.6 Å². The number of aromatic nitrogens is 1. The van der Waals surface area contributed by atoms with Crippen molar-refractivity contribution in [2.75, 3.05) is 36.4 Å². The van der Waals surface area contributed by atoms with Crippen LogP contribution in [-0.4, -0.2) is 68.0 Å². The van der Waals surface area contributed by atoms with E-state index < -0.39 is 28.7 Å². The van der Waals surface area contributed by atoms with Gasteiger partial charge in [0.05, 0.1) is 16.8 Å². The normalized spacial score (nSPS) is 13.2. The monoisotopic (exact) mass is 708 g/mol. The third-order valence-electron chi connectivity index (χ3n) is 9.07. The van der Waals surface area contributed by atoms with Crippen molar-refractivity contribution in [2.45, 2.75) is 13.5 Å². The number of carbonyl (C=O) groups is 2. The summed E-state index contributed by atoms with van der Waals surface area (Å²) >= 11 is 5.69. The molecule has 1 fully saturated rings. The fourth-order valence-electron chi connectivity index (χ4n) is 6.57. The maximum Gasteiger partial charge on any atom is 0.341 e. The summed E-state index contributed by atoms with van der Waals surface area (Å²) in [6.07, 6.45) is 1.27. The van der Waals surface area contributed by atoms with Crippen molar-refractivity contribution in [3.8, 4) is 28.2 Å². The average Bonchev–Trinajstić information content (AvgIpc) is 3.10. The van der Waals surface area contributed by atoms with E-state index in [-0.39, 0.29) is 39.2 Å². The van der Waals surface area contributed by atoms with Crippen LogP contribution < -0.4 is 21.1 Å². The van der Waals surface area contributed by atoms with E-state index in [0.29, 0.717) is 71.1 Å². The Balaban J connectivity index is 1.13. The molecule has 2 aliphatic heterocycles. The number of thiocarbonyl (C=S) groups is 1. The molecule has 3 aliphatic rings. The second-order valence-corrected chi connectivity index (χ2v) is 12.5. The van der Waals surface area contributed by atoms with Gasteiger partial charge in [-0.25, -0.2) is 14.0 Å². The van der Waals surface area contributed by atoms with Gasteiger partial charge in [-0.2, -0.15) is 0 Å². The predicted octanol–water partition coefficient (Wildman–Crippen LogP) is 5.66. The number of carboxylic acids is 2. The zero-order valence-corrected chi connectivity index (χ0v) is 27.8. The van der Waals surface area contributed by atoms with E-state index in [2.05, 4.69) is 5.32 Å². The first-order chi connectivity index (χ1) is 24.4. The Kier molecular flexibility index (Phi) is 8.39. The number of nitrogens with zero attached hydrogens (tertiary/aromatic N) is 3. The van der Waals surface area contributed by atoms with Crippen molar-refractivity contribution in [3.63, 3.8) is 0 Å². The van der Waals surface area contributed by atoms with Gasteiger partial charge in [0.15, 0.2) is 10.5 Å². The van der Waals surface area contributed by atoms with Crippen molar-refractivity contribution in [1.82, 2.24) is 9.47 Å². The molecule has 1 saturated heterocycles. The summed E-state index contributed by atoms with van der Waals surface area (Å²) in [6.45, 7) is 3.76. The van der Waals surface area contributed by atoms with Gasteiger partial charge in [-0.05, 0) is 73.2 Å². The Morgan fingerprint density at radius 1 is 0.882 bits per heavy atom. The summed E-state index contributed by atoms with van der Waals surface area (Å²) in [5.41, 5.74) is 1.34. The van der Waals surface area contributed by atoms with Crippen LogP contribution in [0.2, 0.25) is 0 Å². The van der Waals surface area contributed by atoms with Crippen LogP contribution in [0.3, 0.4) is 0 Å². The molecule has 4 N–H and O–H groups in total. The first-order valence-corrected chi connectivity index (χ1v) is 16.3. The highest BCUT2D eigenvalue weighted by molar-refractivity contribution is 7.80. The third kappa shape index (κ3) is 5.99. The molecule has 51 heavy (non-hydrogen) atoms. The number of pyridine rings is 1. The molecule has 0 radical (unpaired) electrons. The molecule has 12 nitrogen and oxygen atoms in total. The molecule has 0 spiro atoms. The van der Waals surface area contributed by atoms with Gasteiger partial charge < -0.3 is 39.4 Å². The second kappa shape index (κ2) is 12.9. The number of halogens is 1. The highest BCUT2D eigenvalue weighted by Gasteiger charge is 2.26. The summed E-state index contributed by atoms with van der Waals surface area (Å²) in [6, 6.07) is 16.2. The van der Waals surface area contributed by atoms with Crippen LogP contribution >= 0.6 is 12.2 Å². The van der Waals surface area contributed by atoms with Gasteiger partial charge in [0.1, 0.15) is 28.5 Å². The Bertz CT molecular complexity index is 2520. The molecule has 0 atom stereocenters. The molecule has 7 rings (SSSR count). The molecule has 4 aromatic rings. The summed E-state index contributed by atoms with van der Waals surface area (Å²) < 4.78 is 22.9. The summed E-state index contributed by atoms with van der Waals surface area (Å²) in [5.74, 6) is -3.02. The molecule has 3 aromatic carbocycles. The Hall–Kier alpha value is -6.28. The van der Waals surface area contributed by atoms with Crippen molar-refractivity contribution in [2.24, 2.45) is 0 Å².